The quantitative estimate of drug-likeness (QED) is 0.867. The van der Waals surface area contributed by atoms with E-state index in [0.717, 1.165) is 49.9 Å². The third-order valence-electron chi connectivity index (χ3n) is 5.33. The van der Waals surface area contributed by atoms with Gasteiger partial charge in [0.25, 0.3) is 5.91 Å². The summed E-state index contributed by atoms with van der Waals surface area (Å²) in [7, 11) is 0. The molecule has 4 rings (SSSR count). The number of hydrogen-bond donors (Lipinski definition) is 0. The zero-order valence-corrected chi connectivity index (χ0v) is 14.3. The molecule has 0 aliphatic carbocycles. The van der Waals surface area contributed by atoms with Crippen LogP contribution in [-0.4, -0.2) is 58.2 Å². The molecule has 0 saturated carbocycles. The van der Waals surface area contributed by atoms with Crippen LogP contribution < -0.4 is 0 Å². The second-order valence-electron chi connectivity index (χ2n) is 6.99. The van der Waals surface area contributed by atoms with Crippen molar-refractivity contribution in [2.45, 2.75) is 38.6 Å². The lowest BCUT2D eigenvalue weighted by molar-refractivity contribution is 0.0787. The summed E-state index contributed by atoms with van der Waals surface area (Å²) in [6.45, 7) is 6.00. The van der Waals surface area contributed by atoms with Crippen LogP contribution in [-0.2, 0) is 6.54 Å². The second-order valence-corrected chi connectivity index (χ2v) is 6.99. The Morgan fingerprint density at radius 1 is 0.917 bits per heavy atom. The van der Waals surface area contributed by atoms with Crippen LogP contribution in [0.3, 0.4) is 0 Å². The van der Waals surface area contributed by atoms with E-state index in [1.807, 2.05) is 27.8 Å². The van der Waals surface area contributed by atoms with Gasteiger partial charge in [0.1, 0.15) is 0 Å². The molecule has 2 fully saturated rings. The van der Waals surface area contributed by atoms with Gasteiger partial charge in [0.15, 0.2) is 5.69 Å². The number of para-hydroxylation sites is 1. The van der Waals surface area contributed by atoms with Crippen LogP contribution >= 0.6 is 0 Å². The first kappa shape index (κ1) is 15.6. The van der Waals surface area contributed by atoms with Gasteiger partial charge in [0.2, 0.25) is 0 Å². The Balaban J connectivity index is 1.57. The van der Waals surface area contributed by atoms with Gasteiger partial charge in [-0.1, -0.05) is 24.6 Å². The highest BCUT2D eigenvalue weighted by molar-refractivity contribution is 6.04. The smallest absolute Gasteiger partial charge is 0.275 e. The number of aromatic nitrogens is 2. The molecule has 1 aromatic carbocycles. The summed E-state index contributed by atoms with van der Waals surface area (Å²) in [4.78, 5) is 17.3. The number of piperidine rings is 1. The number of nitrogens with zero attached hydrogens (tertiary/aromatic N) is 4. The Hall–Kier alpha value is -1.88. The predicted molar refractivity (Wildman–Crippen MR) is 95.2 cm³/mol. The third-order valence-corrected chi connectivity index (χ3v) is 5.33. The number of hydrogen-bond acceptors (Lipinski definition) is 3. The van der Waals surface area contributed by atoms with E-state index in [4.69, 9.17) is 5.10 Å². The number of amides is 1. The summed E-state index contributed by atoms with van der Waals surface area (Å²) >= 11 is 0. The number of carbonyl (C=O) groups is 1. The van der Waals surface area contributed by atoms with Crippen molar-refractivity contribution >= 4 is 16.8 Å². The zero-order valence-electron chi connectivity index (χ0n) is 14.3. The van der Waals surface area contributed by atoms with Gasteiger partial charge in [-0.25, -0.2) is 0 Å². The monoisotopic (exact) mass is 326 g/mol. The fourth-order valence-corrected chi connectivity index (χ4v) is 3.94. The van der Waals surface area contributed by atoms with Crippen molar-refractivity contribution < 1.29 is 4.79 Å². The lowest BCUT2D eigenvalue weighted by Gasteiger charge is -2.26. The number of rotatable bonds is 4. The molecule has 0 bridgehead atoms. The maximum Gasteiger partial charge on any atom is 0.275 e. The average molecular weight is 326 g/mol. The van der Waals surface area contributed by atoms with Crippen molar-refractivity contribution in [3.8, 4) is 0 Å². The highest BCUT2D eigenvalue weighted by atomic mass is 16.2. The van der Waals surface area contributed by atoms with Crippen molar-refractivity contribution in [3.63, 3.8) is 0 Å². The van der Waals surface area contributed by atoms with Crippen molar-refractivity contribution in [3.05, 3.63) is 30.0 Å². The zero-order chi connectivity index (χ0) is 16.4. The minimum Gasteiger partial charge on any atom is -0.337 e. The molecule has 0 spiro atoms. The Bertz CT molecular complexity index is 711. The molecule has 2 aliphatic heterocycles. The van der Waals surface area contributed by atoms with E-state index in [2.05, 4.69) is 11.0 Å². The Labute approximate surface area is 143 Å². The van der Waals surface area contributed by atoms with Crippen LogP contribution in [0.4, 0.5) is 0 Å². The largest absolute Gasteiger partial charge is 0.337 e. The molecule has 2 aromatic rings. The summed E-state index contributed by atoms with van der Waals surface area (Å²) in [5.41, 5.74) is 1.71. The topological polar surface area (TPSA) is 41.4 Å². The van der Waals surface area contributed by atoms with Crippen LogP contribution in [0, 0.1) is 0 Å². The van der Waals surface area contributed by atoms with E-state index in [1.165, 1.54) is 32.4 Å². The van der Waals surface area contributed by atoms with Crippen LogP contribution in [0.25, 0.3) is 10.9 Å². The third kappa shape index (κ3) is 3.05. The molecule has 24 heavy (non-hydrogen) atoms. The van der Waals surface area contributed by atoms with Crippen LogP contribution in [0.5, 0.6) is 0 Å². The first-order valence-corrected chi connectivity index (χ1v) is 9.30. The van der Waals surface area contributed by atoms with Gasteiger partial charge in [-0.05, 0) is 44.8 Å². The predicted octanol–water partition coefficient (Wildman–Crippen LogP) is 2.76. The van der Waals surface area contributed by atoms with E-state index in [1.54, 1.807) is 0 Å². The molecule has 2 saturated heterocycles. The summed E-state index contributed by atoms with van der Waals surface area (Å²) in [5.74, 6) is 0.0976. The van der Waals surface area contributed by atoms with Crippen molar-refractivity contribution in [1.82, 2.24) is 19.6 Å². The molecule has 0 radical (unpaired) electrons. The van der Waals surface area contributed by atoms with Gasteiger partial charge in [0.05, 0.1) is 12.1 Å². The lowest BCUT2D eigenvalue weighted by Crippen LogP contribution is -2.33. The van der Waals surface area contributed by atoms with E-state index in [-0.39, 0.29) is 5.91 Å². The molecule has 128 valence electrons. The first-order valence-electron chi connectivity index (χ1n) is 9.30. The molecular formula is C19H26N4O. The molecule has 3 heterocycles. The SMILES string of the molecule is O=C(c1nn(CCN2CCCCC2)c2ccccc12)N1CCCC1. The first-order chi connectivity index (χ1) is 11.8. The molecule has 5 heteroatoms. The Kier molecular flexibility index (Phi) is 4.52. The second kappa shape index (κ2) is 6.93. The fourth-order valence-electron chi connectivity index (χ4n) is 3.94. The van der Waals surface area contributed by atoms with Gasteiger partial charge in [-0.2, -0.15) is 5.10 Å². The number of fused-ring (bicyclic) bond motifs is 1. The molecule has 1 amide bonds. The molecule has 5 nitrogen and oxygen atoms in total. The summed E-state index contributed by atoms with van der Waals surface area (Å²) < 4.78 is 2.03. The number of likely N-dealkylation sites (tertiary alicyclic amines) is 2. The molecular weight excluding hydrogens is 300 g/mol. The van der Waals surface area contributed by atoms with E-state index in [9.17, 15) is 4.79 Å². The minimum absolute atomic E-state index is 0.0976. The molecule has 2 aliphatic rings. The van der Waals surface area contributed by atoms with Gasteiger partial charge in [-0.15, -0.1) is 0 Å². The number of benzene rings is 1. The van der Waals surface area contributed by atoms with E-state index >= 15 is 0 Å². The maximum absolute atomic E-state index is 12.8. The molecule has 0 unspecified atom stereocenters. The van der Waals surface area contributed by atoms with Gasteiger partial charge in [0, 0.05) is 25.0 Å². The normalized spacial score (nSPS) is 19.2. The van der Waals surface area contributed by atoms with Gasteiger partial charge in [-0.3, -0.25) is 9.48 Å². The van der Waals surface area contributed by atoms with Crippen LogP contribution in [0.1, 0.15) is 42.6 Å². The maximum atomic E-state index is 12.8. The Morgan fingerprint density at radius 3 is 2.42 bits per heavy atom. The Morgan fingerprint density at radius 2 is 1.62 bits per heavy atom. The molecule has 0 atom stereocenters. The van der Waals surface area contributed by atoms with Crippen LogP contribution in [0.15, 0.2) is 24.3 Å². The highest BCUT2D eigenvalue weighted by Crippen LogP contribution is 2.22. The highest BCUT2D eigenvalue weighted by Gasteiger charge is 2.24. The lowest BCUT2D eigenvalue weighted by atomic mass is 10.1. The molecule has 0 N–H and O–H groups in total. The summed E-state index contributed by atoms with van der Waals surface area (Å²) in [6, 6.07) is 8.15. The van der Waals surface area contributed by atoms with Crippen molar-refractivity contribution in [1.29, 1.82) is 0 Å². The van der Waals surface area contributed by atoms with Gasteiger partial charge >= 0.3 is 0 Å². The van der Waals surface area contributed by atoms with Crippen molar-refractivity contribution in [2.24, 2.45) is 0 Å². The minimum atomic E-state index is 0.0976. The van der Waals surface area contributed by atoms with Gasteiger partial charge < -0.3 is 9.80 Å². The fraction of sp³-hybridized carbons (Fsp3) is 0.579. The summed E-state index contributed by atoms with van der Waals surface area (Å²) in [5, 5.41) is 5.71. The number of carbonyl (C=O) groups excluding carboxylic acids is 1. The van der Waals surface area contributed by atoms with Crippen LogP contribution in [0.2, 0.25) is 0 Å². The van der Waals surface area contributed by atoms with E-state index < -0.39 is 0 Å². The average Bonchev–Trinajstić information content (AvgIpc) is 3.29. The summed E-state index contributed by atoms with van der Waals surface area (Å²) in [6.07, 6.45) is 6.19. The van der Waals surface area contributed by atoms with Crippen molar-refractivity contribution in [2.75, 3.05) is 32.7 Å². The molecule has 1 aromatic heterocycles. The van der Waals surface area contributed by atoms with E-state index in [0.29, 0.717) is 5.69 Å². The standard InChI is InChI=1S/C19H26N4O/c24-19(22-12-6-7-13-22)18-16-8-2-3-9-17(16)23(20-18)15-14-21-10-4-1-5-11-21/h2-3,8-9H,1,4-7,10-15H2.